The third-order valence-corrected chi connectivity index (χ3v) is 6.98. The number of amides is 1. The standard InChI is InChI=1S/C22H26ClNO4/c1-13(20(26)28-12-19(25)17-2-4-18(23)5-3-17)24-21(27)22-9-14-6-15(10-22)8-16(7-14)11-22/h2-5,13-16H,6-12H2,1H3,(H,24,27)/t13-,14?,15?,16?,22?/m0/s1. The van der Waals surface area contributed by atoms with Gasteiger partial charge in [-0.05, 0) is 87.5 Å². The number of carbonyl (C=O) groups is 3. The molecule has 0 aromatic heterocycles. The molecule has 1 amide bonds. The summed E-state index contributed by atoms with van der Waals surface area (Å²) in [5.74, 6) is 1.09. The van der Waals surface area contributed by atoms with Gasteiger partial charge in [0, 0.05) is 16.0 Å². The van der Waals surface area contributed by atoms with E-state index in [1.165, 1.54) is 19.3 Å². The van der Waals surface area contributed by atoms with Gasteiger partial charge in [0.2, 0.25) is 5.91 Å². The highest BCUT2D eigenvalue weighted by Crippen LogP contribution is 2.60. The predicted molar refractivity (Wildman–Crippen MR) is 105 cm³/mol. The van der Waals surface area contributed by atoms with Crippen LogP contribution in [0.25, 0.3) is 0 Å². The maximum atomic E-state index is 13.0. The Hall–Kier alpha value is -1.88. The van der Waals surface area contributed by atoms with Gasteiger partial charge in [-0.3, -0.25) is 9.59 Å². The molecule has 0 radical (unpaired) electrons. The number of esters is 1. The first kappa shape index (κ1) is 19.4. The van der Waals surface area contributed by atoms with Crippen molar-refractivity contribution in [3.8, 4) is 0 Å². The molecule has 1 aromatic rings. The second kappa shape index (κ2) is 7.51. The Morgan fingerprint density at radius 1 is 1.07 bits per heavy atom. The first-order chi connectivity index (χ1) is 13.3. The van der Waals surface area contributed by atoms with Gasteiger partial charge in [-0.2, -0.15) is 0 Å². The fourth-order valence-electron chi connectivity index (χ4n) is 5.78. The molecule has 5 rings (SSSR count). The number of ketones is 1. The Bertz CT molecular complexity index is 753. The van der Waals surface area contributed by atoms with Crippen LogP contribution >= 0.6 is 11.6 Å². The fraction of sp³-hybridized carbons (Fsp3) is 0.591. The summed E-state index contributed by atoms with van der Waals surface area (Å²) in [6, 6.07) is 5.65. The number of halogens is 1. The van der Waals surface area contributed by atoms with Crippen LogP contribution in [0.15, 0.2) is 24.3 Å². The van der Waals surface area contributed by atoms with Gasteiger partial charge in [0.1, 0.15) is 6.04 Å². The highest BCUT2D eigenvalue weighted by Gasteiger charge is 2.54. The molecule has 1 N–H and O–H groups in total. The van der Waals surface area contributed by atoms with Crippen molar-refractivity contribution < 1.29 is 19.1 Å². The van der Waals surface area contributed by atoms with Crippen molar-refractivity contribution in [1.82, 2.24) is 5.32 Å². The normalized spacial score (nSPS) is 31.3. The molecule has 4 aliphatic rings. The van der Waals surface area contributed by atoms with Crippen LogP contribution in [0.2, 0.25) is 5.02 Å². The van der Waals surface area contributed by atoms with Gasteiger partial charge in [0.25, 0.3) is 0 Å². The lowest BCUT2D eigenvalue weighted by atomic mass is 9.49. The molecule has 1 aromatic carbocycles. The number of carbonyl (C=O) groups excluding carboxylic acids is 3. The van der Waals surface area contributed by atoms with E-state index < -0.39 is 12.0 Å². The highest BCUT2D eigenvalue weighted by molar-refractivity contribution is 6.30. The van der Waals surface area contributed by atoms with Crippen molar-refractivity contribution in [2.75, 3.05) is 6.61 Å². The number of rotatable bonds is 6. The Morgan fingerprint density at radius 2 is 1.61 bits per heavy atom. The molecule has 6 heteroatoms. The topological polar surface area (TPSA) is 72.5 Å². The SMILES string of the molecule is C[C@H](NC(=O)C12CC3CC(CC(C3)C1)C2)C(=O)OCC(=O)c1ccc(Cl)cc1. The summed E-state index contributed by atoms with van der Waals surface area (Å²) in [5.41, 5.74) is 0.130. The zero-order valence-electron chi connectivity index (χ0n) is 16.1. The minimum atomic E-state index is -0.765. The van der Waals surface area contributed by atoms with Crippen LogP contribution < -0.4 is 5.32 Å². The Morgan fingerprint density at radius 3 is 2.14 bits per heavy atom. The van der Waals surface area contributed by atoms with Crippen LogP contribution in [0.3, 0.4) is 0 Å². The molecule has 4 bridgehead atoms. The van der Waals surface area contributed by atoms with E-state index >= 15 is 0 Å². The largest absolute Gasteiger partial charge is 0.456 e. The zero-order chi connectivity index (χ0) is 19.9. The molecular formula is C22H26ClNO4. The van der Waals surface area contributed by atoms with E-state index in [0.29, 0.717) is 28.3 Å². The first-order valence-electron chi connectivity index (χ1n) is 10.1. The van der Waals surface area contributed by atoms with E-state index in [1.54, 1.807) is 31.2 Å². The van der Waals surface area contributed by atoms with E-state index in [4.69, 9.17) is 16.3 Å². The van der Waals surface area contributed by atoms with Crippen LogP contribution in [-0.4, -0.2) is 30.3 Å². The summed E-state index contributed by atoms with van der Waals surface area (Å²) in [6.07, 6.45) is 6.62. The van der Waals surface area contributed by atoms with E-state index in [2.05, 4.69) is 5.32 Å². The van der Waals surface area contributed by atoms with Crippen molar-refractivity contribution in [2.24, 2.45) is 23.2 Å². The Labute approximate surface area is 170 Å². The zero-order valence-corrected chi connectivity index (χ0v) is 16.8. The van der Waals surface area contributed by atoms with Crippen LogP contribution in [-0.2, 0) is 14.3 Å². The average Bonchev–Trinajstić information content (AvgIpc) is 2.65. The van der Waals surface area contributed by atoms with Gasteiger partial charge in [0.05, 0.1) is 0 Å². The summed E-state index contributed by atoms with van der Waals surface area (Å²) < 4.78 is 5.13. The maximum Gasteiger partial charge on any atom is 0.328 e. The molecule has 4 fully saturated rings. The summed E-state index contributed by atoms with van der Waals surface area (Å²) in [7, 11) is 0. The van der Waals surface area contributed by atoms with Crippen LogP contribution in [0, 0.1) is 23.2 Å². The smallest absolute Gasteiger partial charge is 0.328 e. The lowest BCUT2D eigenvalue weighted by molar-refractivity contribution is -0.153. The molecular weight excluding hydrogens is 378 g/mol. The van der Waals surface area contributed by atoms with Gasteiger partial charge in [-0.25, -0.2) is 4.79 Å². The van der Waals surface area contributed by atoms with E-state index in [0.717, 1.165) is 19.3 Å². The summed E-state index contributed by atoms with van der Waals surface area (Å²) >= 11 is 5.81. The van der Waals surface area contributed by atoms with Crippen molar-refractivity contribution in [1.29, 1.82) is 0 Å². The minimum Gasteiger partial charge on any atom is -0.456 e. The molecule has 0 heterocycles. The van der Waals surface area contributed by atoms with Crippen LogP contribution in [0.4, 0.5) is 0 Å². The molecule has 150 valence electrons. The van der Waals surface area contributed by atoms with Gasteiger partial charge in [0.15, 0.2) is 12.4 Å². The first-order valence-corrected chi connectivity index (χ1v) is 10.5. The van der Waals surface area contributed by atoms with Crippen molar-refractivity contribution in [3.05, 3.63) is 34.9 Å². The lowest BCUT2D eigenvalue weighted by Gasteiger charge is -2.55. The van der Waals surface area contributed by atoms with Crippen LogP contribution in [0.5, 0.6) is 0 Å². The lowest BCUT2D eigenvalue weighted by Crippen LogP contribution is -2.56. The molecule has 1 atom stereocenters. The molecule has 0 unspecified atom stereocenters. The molecule has 4 aliphatic carbocycles. The van der Waals surface area contributed by atoms with Gasteiger partial charge in [-0.15, -0.1) is 0 Å². The summed E-state index contributed by atoms with van der Waals surface area (Å²) in [5, 5.41) is 3.40. The number of Topliss-reactive ketones (excluding diaryl/α,β-unsaturated/α-hetero) is 1. The second-order valence-corrected chi connectivity index (χ2v) is 9.37. The van der Waals surface area contributed by atoms with E-state index in [9.17, 15) is 14.4 Å². The predicted octanol–water partition coefficient (Wildman–Crippen LogP) is 3.79. The molecule has 5 nitrogen and oxygen atoms in total. The third-order valence-electron chi connectivity index (χ3n) is 6.73. The Kier molecular flexibility index (Phi) is 5.21. The number of hydrogen-bond acceptors (Lipinski definition) is 4. The van der Waals surface area contributed by atoms with Crippen molar-refractivity contribution in [2.45, 2.75) is 51.5 Å². The molecule has 4 saturated carbocycles. The van der Waals surface area contributed by atoms with Crippen molar-refractivity contribution in [3.63, 3.8) is 0 Å². The quantitative estimate of drug-likeness (QED) is 0.579. The average molecular weight is 404 g/mol. The van der Waals surface area contributed by atoms with Gasteiger partial charge >= 0.3 is 5.97 Å². The van der Waals surface area contributed by atoms with Crippen molar-refractivity contribution >= 4 is 29.3 Å². The van der Waals surface area contributed by atoms with Gasteiger partial charge < -0.3 is 10.1 Å². The number of ether oxygens (including phenoxy) is 1. The third kappa shape index (κ3) is 3.82. The van der Waals surface area contributed by atoms with E-state index in [1.807, 2.05) is 0 Å². The summed E-state index contributed by atoms with van der Waals surface area (Å²) in [6.45, 7) is 1.27. The maximum absolute atomic E-state index is 13.0. The monoisotopic (exact) mass is 403 g/mol. The number of nitrogens with one attached hydrogen (secondary N) is 1. The minimum absolute atomic E-state index is 0.0138. The Balaban J connectivity index is 1.30. The molecule has 0 spiro atoms. The van der Waals surface area contributed by atoms with Crippen LogP contribution in [0.1, 0.15) is 55.8 Å². The number of hydrogen-bond donors (Lipinski definition) is 1. The van der Waals surface area contributed by atoms with Gasteiger partial charge in [-0.1, -0.05) is 11.6 Å². The number of benzene rings is 1. The molecule has 28 heavy (non-hydrogen) atoms. The highest BCUT2D eigenvalue weighted by atomic mass is 35.5. The molecule has 0 saturated heterocycles. The fourth-order valence-corrected chi connectivity index (χ4v) is 5.90. The van der Waals surface area contributed by atoms with E-state index in [-0.39, 0.29) is 23.7 Å². The second-order valence-electron chi connectivity index (χ2n) is 8.93. The summed E-state index contributed by atoms with van der Waals surface area (Å²) in [4.78, 5) is 37.4. The molecule has 0 aliphatic heterocycles.